The van der Waals surface area contributed by atoms with Crippen molar-refractivity contribution in [3.05, 3.63) is 35.6 Å². The van der Waals surface area contributed by atoms with E-state index in [1.165, 1.54) is 25.0 Å². The van der Waals surface area contributed by atoms with Crippen molar-refractivity contribution < 1.29 is 9.18 Å². The van der Waals surface area contributed by atoms with Crippen LogP contribution >= 0.6 is 0 Å². The maximum absolute atomic E-state index is 13.4. The zero-order valence-electron chi connectivity index (χ0n) is 15.2. The summed E-state index contributed by atoms with van der Waals surface area (Å²) in [6.07, 6.45) is 6.43. The van der Waals surface area contributed by atoms with Crippen LogP contribution in [0.25, 0.3) is 0 Å². The number of nitrogens with zero attached hydrogens (tertiary/aromatic N) is 1. The Morgan fingerprint density at radius 1 is 1.12 bits per heavy atom. The number of amides is 1. The van der Waals surface area contributed by atoms with Gasteiger partial charge in [0.2, 0.25) is 5.91 Å². The van der Waals surface area contributed by atoms with Gasteiger partial charge in [-0.05, 0) is 49.9 Å². The molecule has 1 aromatic carbocycles. The summed E-state index contributed by atoms with van der Waals surface area (Å²) < 4.78 is 13.1. The second-order valence-electron chi connectivity index (χ2n) is 7.88. The Bertz CT molecular complexity index is 617. The average Bonchev–Trinajstić information content (AvgIpc) is 3.33. The van der Waals surface area contributed by atoms with E-state index < -0.39 is 0 Å². The molecule has 2 heterocycles. The molecular formula is C20H29FN4O. The van der Waals surface area contributed by atoms with Crippen molar-refractivity contribution in [1.82, 2.24) is 21.1 Å². The highest BCUT2D eigenvalue weighted by Crippen LogP contribution is 2.27. The number of carbonyl (C=O) groups excluding carboxylic acids is 1. The molecule has 1 aliphatic carbocycles. The van der Waals surface area contributed by atoms with Crippen LogP contribution in [-0.2, 0) is 11.2 Å². The third-order valence-corrected chi connectivity index (χ3v) is 6.25. The second kappa shape index (κ2) is 8.03. The van der Waals surface area contributed by atoms with E-state index in [-0.39, 0.29) is 17.8 Å². The first-order valence-electron chi connectivity index (χ1n) is 9.99. The van der Waals surface area contributed by atoms with Gasteiger partial charge in [0.05, 0.1) is 0 Å². The molecule has 1 saturated carbocycles. The van der Waals surface area contributed by atoms with Gasteiger partial charge in [-0.15, -0.1) is 0 Å². The molecule has 26 heavy (non-hydrogen) atoms. The smallest absolute Gasteiger partial charge is 0.241 e. The van der Waals surface area contributed by atoms with E-state index in [0.29, 0.717) is 24.5 Å². The van der Waals surface area contributed by atoms with Crippen LogP contribution in [0.4, 0.5) is 4.39 Å². The summed E-state index contributed by atoms with van der Waals surface area (Å²) in [4.78, 5) is 15.5. The second-order valence-corrected chi connectivity index (χ2v) is 7.88. The van der Waals surface area contributed by atoms with E-state index >= 15 is 0 Å². The molecule has 0 spiro atoms. The van der Waals surface area contributed by atoms with Gasteiger partial charge in [0.15, 0.2) is 0 Å². The van der Waals surface area contributed by atoms with Crippen LogP contribution in [0.2, 0.25) is 0 Å². The molecule has 1 amide bonds. The van der Waals surface area contributed by atoms with E-state index in [1.54, 1.807) is 0 Å². The summed E-state index contributed by atoms with van der Waals surface area (Å²) in [7, 11) is 0. The predicted molar refractivity (Wildman–Crippen MR) is 98.9 cm³/mol. The SMILES string of the molecule is O=C(C1NNC2CCNCC21)N(CCc1ccc(F)cc1)C1CCCC1. The Balaban J connectivity index is 1.45. The average molecular weight is 360 g/mol. The highest BCUT2D eigenvalue weighted by Gasteiger charge is 2.43. The summed E-state index contributed by atoms with van der Waals surface area (Å²) in [5, 5.41) is 3.43. The molecule has 2 saturated heterocycles. The number of rotatable bonds is 5. The first kappa shape index (κ1) is 17.9. The van der Waals surface area contributed by atoms with E-state index in [9.17, 15) is 9.18 Å². The number of halogens is 1. The standard InChI is InChI=1S/C20H29FN4O/c21-15-7-5-14(6-8-15)10-12-25(16-3-1-2-4-16)20(26)19-17-13-22-11-9-18(17)23-24-19/h5-8,16-19,22-24H,1-4,9-13H2. The molecule has 3 aliphatic rings. The molecule has 0 bridgehead atoms. The lowest BCUT2D eigenvalue weighted by atomic mass is 9.88. The molecule has 1 aromatic rings. The van der Waals surface area contributed by atoms with Crippen LogP contribution in [0, 0.1) is 11.7 Å². The molecule has 142 valence electrons. The lowest BCUT2D eigenvalue weighted by molar-refractivity contribution is -0.136. The quantitative estimate of drug-likeness (QED) is 0.747. The minimum Gasteiger partial charge on any atom is -0.338 e. The fourth-order valence-electron chi connectivity index (χ4n) is 4.73. The Morgan fingerprint density at radius 3 is 2.65 bits per heavy atom. The molecule has 3 atom stereocenters. The fraction of sp³-hybridized carbons (Fsp3) is 0.650. The van der Waals surface area contributed by atoms with Crippen molar-refractivity contribution in [1.29, 1.82) is 0 Å². The third-order valence-electron chi connectivity index (χ3n) is 6.25. The summed E-state index contributed by atoms with van der Waals surface area (Å²) in [5.41, 5.74) is 7.69. The lowest BCUT2D eigenvalue weighted by Gasteiger charge is -2.34. The van der Waals surface area contributed by atoms with Crippen LogP contribution in [0.3, 0.4) is 0 Å². The Morgan fingerprint density at radius 2 is 1.88 bits per heavy atom. The van der Waals surface area contributed by atoms with Crippen LogP contribution < -0.4 is 16.2 Å². The number of carbonyl (C=O) groups is 1. The number of benzene rings is 1. The number of hydrogen-bond donors (Lipinski definition) is 3. The molecule has 6 heteroatoms. The van der Waals surface area contributed by atoms with Crippen molar-refractivity contribution in [2.75, 3.05) is 19.6 Å². The zero-order valence-corrected chi connectivity index (χ0v) is 15.2. The minimum atomic E-state index is -0.213. The van der Waals surface area contributed by atoms with Gasteiger partial charge in [-0.2, -0.15) is 0 Å². The molecule has 3 unspecified atom stereocenters. The lowest BCUT2D eigenvalue weighted by Crippen LogP contribution is -2.53. The highest BCUT2D eigenvalue weighted by atomic mass is 19.1. The summed E-state index contributed by atoms with van der Waals surface area (Å²) in [6, 6.07) is 7.22. The van der Waals surface area contributed by atoms with E-state index in [1.807, 2.05) is 12.1 Å². The van der Waals surface area contributed by atoms with Gasteiger partial charge >= 0.3 is 0 Å². The minimum absolute atomic E-state index is 0.151. The first-order valence-corrected chi connectivity index (χ1v) is 9.99. The Kier molecular flexibility index (Phi) is 5.52. The number of fused-ring (bicyclic) bond motifs is 1. The highest BCUT2D eigenvalue weighted by molar-refractivity contribution is 5.83. The van der Waals surface area contributed by atoms with Crippen molar-refractivity contribution in [3.8, 4) is 0 Å². The molecule has 0 radical (unpaired) electrons. The Labute approximate surface area is 154 Å². The van der Waals surface area contributed by atoms with Gasteiger partial charge in [0, 0.05) is 31.1 Å². The van der Waals surface area contributed by atoms with E-state index in [4.69, 9.17) is 0 Å². The number of piperidine rings is 1. The number of hydrogen-bond acceptors (Lipinski definition) is 4. The topological polar surface area (TPSA) is 56.4 Å². The predicted octanol–water partition coefficient (Wildman–Crippen LogP) is 1.59. The molecular weight excluding hydrogens is 331 g/mol. The molecule has 2 aliphatic heterocycles. The molecule has 4 rings (SSSR count). The van der Waals surface area contributed by atoms with Crippen molar-refractivity contribution >= 4 is 5.91 Å². The van der Waals surface area contributed by atoms with Crippen LogP contribution in [0.1, 0.15) is 37.7 Å². The largest absolute Gasteiger partial charge is 0.338 e. The van der Waals surface area contributed by atoms with Crippen LogP contribution in [-0.4, -0.2) is 48.6 Å². The summed E-state index contributed by atoms with van der Waals surface area (Å²) in [6.45, 7) is 2.60. The Hall–Kier alpha value is -1.50. The molecule has 3 N–H and O–H groups in total. The van der Waals surface area contributed by atoms with Crippen molar-refractivity contribution in [3.63, 3.8) is 0 Å². The van der Waals surface area contributed by atoms with E-state index in [0.717, 1.165) is 44.3 Å². The van der Waals surface area contributed by atoms with Gasteiger partial charge in [0.1, 0.15) is 11.9 Å². The molecule has 5 nitrogen and oxygen atoms in total. The van der Waals surface area contributed by atoms with Gasteiger partial charge in [-0.1, -0.05) is 25.0 Å². The first-order chi connectivity index (χ1) is 12.7. The zero-order chi connectivity index (χ0) is 17.9. The van der Waals surface area contributed by atoms with Crippen molar-refractivity contribution in [2.24, 2.45) is 5.92 Å². The van der Waals surface area contributed by atoms with Gasteiger partial charge in [0.25, 0.3) is 0 Å². The number of hydrazine groups is 1. The molecule has 0 aromatic heterocycles. The summed E-state index contributed by atoms with van der Waals surface area (Å²) in [5.74, 6) is 0.322. The fourth-order valence-corrected chi connectivity index (χ4v) is 4.73. The van der Waals surface area contributed by atoms with Gasteiger partial charge in [-0.25, -0.2) is 9.82 Å². The van der Waals surface area contributed by atoms with Gasteiger partial charge < -0.3 is 10.2 Å². The monoisotopic (exact) mass is 360 g/mol. The maximum atomic E-state index is 13.4. The van der Waals surface area contributed by atoms with Crippen molar-refractivity contribution in [2.45, 2.75) is 56.7 Å². The van der Waals surface area contributed by atoms with Gasteiger partial charge in [-0.3, -0.25) is 10.2 Å². The molecule has 3 fully saturated rings. The van der Waals surface area contributed by atoms with Crippen LogP contribution in [0.5, 0.6) is 0 Å². The normalized spacial score (nSPS) is 28.9. The third kappa shape index (κ3) is 3.77. The maximum Gasteiger partial charge on any atom is 0.241 e. The summed E-state index contributed by atoms with van der Waals surface area (Å²) >= 11 is 0. The number of nitrogens with one attached hydrogen (secondary N) is 3. The van der Waals surface area contributed by atoms with E-state index in [2.05, 4.69) is 21.1 Å². The van der Waals surface area contributed by atoms with Crippen LogP contribution in [0.15, 0.2) is 24.3 Å².